The van der Waals surface area contributed by atoms with E-state index in [0.717, 1.165) is 0 Å². The van der Waals surface area contributed by atoms with Gasteiger partial charge in [-0.05, 0) is 17.1 Å². The van der Waals surface area contributed by atoms with Crippen LogP contribution in [0.4, 0.5) is 4.39 Å². The van der Waals surface area contributed by atoms with Gasteiger partial charge in [-0.15, -0.1) is 0 Å². The molecule has 0 heterocycles. The third-order valence-electron chi connectivity index (χ3n) is 1.46. The summed E-state index contributed by atoms with van der Waals surface area (Å²) in [5.41, 5.74) is 0.307. The smallest absolute Gasteiger partial charge is 0.126 e. The van der Waals surface area contributed by atoms with Crippen LogP contribution < -0.4 is 0 Å². The molecule has 0 aromatic carbocycles. The van der Waals surface area contributed by atoms with E-state index in [9.17, 15) is 4.39 Å². The van der Waals surface area contributed by atoms with E-state index in [-0.39, 0.29) is 11.2 Å². The van der Waals surface area contributed by atoms with E-state index in [1.807, 2.05) is 20.8 Å². The Morgan fingerprint density at radius 1 is 1.36 bits per heavy atom. The first kappa shape index (κ1) is 10.2. The number of halogens is 1. The molecule has 0 N–H and O–H groups in total. The van der Waals surface area contributed by atoms with Gasteiger partial charge in [0.25, 0.3) is 0 Å². The summed E-state index contributed by atoms with van der Waals surface area (Å²) < 4.78 is 13.0. The minimum Gasteiger partial charge on any atom is -0.207 e. The maximum absolute atomic E-state index is 13.0. The van der Waals surface area contributed by atoms with Crippen LogP contribution in [0.2, 0.25) is 0 Å². The van der Waals surface area contributed by atoms with Crippen molar-refractivity contribution in [2.24, 2.45) is 5.41 Å². The van der Waals surface area contributed by atoms with Crippen molar-refractivity contribution in [2.75, 3.05) is 0 Å². The molecule has 0 unspecified atom stereocenters. The second-order valence-corrected chi connectivity index (χ2v) is 3.48. The molecule has 1 heteroatoms. The number of hydrogen-bond donors (Lipinski definition) is 0. The molecule has 0 amide bonds. The van der Waals surface area contributed by atoms with Crippen LogP contribution in [0, 0.1) is 5.41 Å². The standard InChI is InChI=1S/C10H15F/c1-6-7-9(11)8(2)10(3,4)5/h6-7H,1-2H2,3-5H3/b9-7+. The lowest BCUT2D eigenvalue weighted by Gasteiger charge is -2.19. The number of allylic oxidation sites excluding steroid dienone is 4. The molecule has 0 fully saturated rings. The Labute approximate surface area is 68.1 Å². The lowest BCUT2D eigenvalue weighted by molar-refractivity contribution is 0.476. The van der Waals surface area contributed by atoms with Gasteiger partial charge in [0.05, 0.1) is 0 Å². The summed E-state index contributed by atoms with van der Waals surface area (Å²) in [5, 5.41) is 0. The molecule has 0 nitrogen and oxygen atoms in total. The van der Waals surface area contributed by atoms with E-state index in [1.165, 1.54) is 12.2 Å². The zero-order chi connectivity index (χ0) is 9.07. The fourth-order valence-electron chi connectivity index (χ4n) is 0.562. The molecule has 0 spiro atoms. The molecule has 0 bridgehead atoms. The fraction of sp³-hybridized carbons (Fsp3) is 0.400. The Kier molecular flexibility index (Phi) is 3.24. The SMILES string of the molecule is C=C/C=C(/F)C(=C)C(C)(C)C. The molecule has 0 aromatic rings. The molecule has 0 aliphatic heterocycles. The molecule has 62 valence electrons. The summed E-state index contributed by atoms with van der Waals surface area (Å²) in [7, 11) is 0. The Bertz CT molecular complexity index is 191. The van der Waals surface area contributed by atoms with E-state index in [4.69, 9.17) is 0 Å². The van der Waals surface area contributed by atoms with Crippen LogP contribution in [0.15, 0.2) is 36.7 Å². The molecular formula is C10H15F. The minimum absolute atomic E-state index is 0.205. The molecule has 11 heavy (non-hydrogen) atoms. The molecule has 0 rings (SSSR count). The largest absolute Gasteiger partial charge is 0.207 e. The zero-order valence-corrected chi connectivity index (χ0v) is 7.45. The highest BCUT2D eigenvalue weighted by atomic mass is 19.1. The topological polar surface area (TPSA) is 0 Å². The molecule has 0 saturated heterocycles. The van der Waals surface area contributed by atoms with Crippen LogP contribution in [-0.2, 0) is 0 Å². The number of hydrogen-bond acceptors (Lipinski definition) is 0. The summed E-state index contributed by atoms with van der Waals surface area (Å²) in [5.74, 6) is -0.285. The first-order chi connectivity index (χ1) is 4.89. The van der Waals surface area contributed by atoms with Gasteiger partial charge in [-0.2, -0.15) is 0 Å². The van der Waals surface area contributed by atoms with Gasteiger partial charge in [0, 0.05) is 0 Å². The first-order valence-corrected chi connectivity index (χ1v) is 3.57. The Balaban J connectivity index is 4.51. The van der Waals surface area contributed by atoms with Crippen molar-refractivity contribution >= 4 is 0 Å². The fourth-order valence-corrected chi connectivity index (χ4v) is 0.562. The Morgan fingerprint density at radius 2 is 1.82 bits per heavy atom. The normalized spacial score (nSPS) is 12.9. The summed E-state index contributed by atoms with van der Waals surface area (Å²) in [6.45, 7) is 12.8. The van der Waals surface area contributed by atoms with Crippen LogP contribution in [-0.4, -0.2) is 0 Å². The van der Waals surface area contributed by atoms with Crippen LogP contribution in [0.5, 0.6) is 0 Å². The highest BCUT2D eigenvalue weighted by molar-refractivity contribution is 5.29. The highest BCUT2D eigenvalue weighted by Crippen LogP contribution is 2.29. The van der Waals surface area contributed by atoms with Crippen molar-refractivity contribution in [3.05, 3.63) is 36.7 Å². The average molecular weight is 154 g/mol. The van der Waals surface area contributed by atoms with Crippen LogP contribution >= 0.6 is 0 Å². The van der Waals surface area contributed by atoms with Crippen LogP contribution in [0.25, 0.3) is 0 Å². The zero-order valence-electron chi connectivity index (χ0n) is 7.45. The quantitative estimate of drug-likeness (QED) is 0.533. The predicted octanol–water partition coefficient (Wildman–Crippen LogP) is 3.63. The van der Waals surface area contributed by atoms with E-state index in [0.29, 0.717) is 5.57 Å². The van der Waals surface area contributed by atoms with Crippen molar-refractivity contribution in [2.45, 2.75) is 20.8 Å². The van der Waals surface area contributed by atoms with Crippen LogP contribution in [0.3, 0.4) is 0 Å². The van der Waals surface area contributed by atoms with E-state index in [1.54, 1.807) is 0 Å². The van der Waals surface area contributed by atoms with E-state index in [2.05, 4.69) is 13.2 Å². The van der Waals surface area contributed by atoms with Crippen LogP contribution in [0.1, 0.15) is 20.8 Å². The molecule has 0 saturated carbocycles. The molecule has 0 radical (unpaired) electrons. The molecule has 0 aliphatic carbocycles. The van der Waals surface area contributed by atoms with Crippen molar-refractivity contribution in [3.8, 4) is 0 Å². The van der Waals surface area contributed by atoms with Gasteiger partial charge in [-0.1, -0.05) is 40.0 Å². The summed E-state index contributed by atoms with van der Waals surface area (Å²) >= 11 is 0. The average Bonchev–Trinajstić information content (AvgIpc) is 1.85. The van der Waals surface area contributed by atoms with Crippen molar-refractivity contribution < 1.29 is 4.39 Å². The molecule has 0 aromatic heterocycles. The molecular weight excluding hydrogens is 139 g/mol. The van der Waals surface area contributed by atoms with Gasteiger partial charge in [0.15, 0.2) is 0 Å². The molecule has 0 atom stereocenters. The van der Waals surface area contributed by atoms with Gasteiger partial charge in [-0.25, -0.2) is 4.39 Å². The Hall–Kier alpha value is -0.850. The van der Waals surface area contributed by atoms with E-state index >= 15 is 0 Å². The lowest BCUT2D eigenvalue weighted by atomic mass is 9.87. The summed E-state index contributed by atoms with van der Waals surface area (Å²) in [4.78, 5) is 0. The van der Waals surface area contributed by atoms with Crippen molar-refractivity contribution in [3.63, 3.8) is 0 Å². The van der Waals surface area contributed by atoms with Gasteiger partial charge < -0.3 is 0 Å². The van der Waals surface area contributed by atoms with Crippen molar-refractivity contribution in [1.29, 1.82) is 0 Å². The predicted molar refractivity (Wildman–Crippen MR) is 48.0 cm³/mol. The van der Waals surface area contributed by atoms with Crippen molar-refractivity contribution in [1.82, 2.24) is 0 Å². The van der Waals surface area contributed by atoms with Gasteiger partial charge in [0.2, 0.25) is 0 Å². The van der Waals surface area contributed by atoms with E-state index < -0.39 is 0 Å². The minimum atomic E-state index is -0.285. The maximum Gasteiger partial charge on any atom is 0.126 e. The summed E-state index contributed by atoms with van der Waals surface area (Å²) in [6.07, 6.45) is 2.75. The Morgan fingerprint density at radius 3 is 2.09 bits per heavy atom. The number of rotatable bonds is 2. The second kappa shape index (κ2) is 3.51. The maximum atomic E-state index is 13.0. The first-order valence-electron chi connectivity index (χ1n) is 3.57. The monoisotopic (exact) mass is 154 g/mol. The van der Waals surface area contributed by atoms with Gasteiger partial charge in [-0.3, -0.25) is 0 Å². The lowest BCUT2D eigenvalue weighted by Crippen LogP contribution is -2.08. The van der Waals surface area contributed by atoms with Gasteiger partial charge in [0.1, 0.15) is 5.83 Å². The second-order valence-electron chi connectivity index (χ2n) is 3.48. The summed E-state index contributed by atoms with van der Waals surface area (Å²) in [6, 6.07) is 0. The third kappa shape index (κ3) is 3.17. The molecule has 0 aliphatic rings. The highest BCUT2D eigenvalue weighted by Gasteiger charge is 2.17. The van der Waals surface area contributed by atoms with Gasteiger partial charge >= 0.3 is 0 Å². The third-order valence-corrected chi connectivity index (χ3v) is 1.46.